The molecular weight excluding hydrogens is 512 g/mol. The first-order valence-electron chi connectivity index (χ1n) is 13.1. The summed E-state index contributed by atoms with van der Waals surface area (Å²) in [6.45, 7) is 0.896. The van der Waals surface area contributed by atoms with E-state index in [1.807, 2.05) is 18.2 Å². The van der Waals surface area contributed by atoms with Gasteiger partial charge in [-0.2, -0.15) is 0 Å². The van der Waals surface area contributed by atoms with Gasteiger partial charge in [0.05, 0.1) is 48.2 Å². The van der Waals surface area contributed by atoms with Crippen molar-refractivity contribution in [3.05, 3.63) is 75.9 Å². The van der Waals surface area contributed by atoms with E-state index in [0.29, 0.717) is 69.5 Å². The van der Waals surface area contributed by atoms with Crippen molar-refractivity contribution < 1.29 is 24.2 Å². The number of aliphatic hydroxyl groups is 1. The van der Waals surface area contributed by atoms with Crippen molar-refractivity contribution >= 4 is 45.5 Å². The molecule has 3 heterocycles. The van der Waals surface area contributed by atoms with Gasteiger partial charge in [0, 0.05) is 48.1 Å². The molecule has 0 bridgehead atoms. The number of ether oxygens (including phenoxy) is 2. The molecule has 0 aliphatic carbocycles. The van der Waals surface area contributed by atoms with Crippen LogP contribution >= 0.6 is 0 Å². The molecule has 0 unspecified atom stereocenters. The highest BCUT2D eigenvalue weighted by Crippen LogP contribution is 2.38. The van der Waals surface area contributed by atoms with Crippen LogP contribution in [0.4, 0.5) is 5.69 Å². The zero-order chi connectivity index (χ0) is 27.8. The van der Waals surface area contributed by atoms with Crippen LogP contribution in [-0.2, 0) is 0 Å². The van der Waals surface area contributed by atoms with Gasteiger partial charge < -0.3 is 29.8 Å². The minimum Gasteiger partial charge on any atom is -0.493 e. The molecule has 4 aromatic rings. The van der Waals surface area contributed by atoms with Gasteiger partial charge in [-0.15, -0.1) is 0 Å². The van der Waals surface area contributed by atoms with Crippen molar-refractivity contribution in [1.29, 1.82) is 0 Å². The summed E-state index contributed by atoms with van der Waals surface area (Å²) in [5.41, 5.74) is 2.32. The predicted molar refractivity (Wildman–Crippen MR) is 151 cm³/mol. The molecule has 1 fully saturated rings. The maximum atomic E-state index is 13.1. The van der Waals surface area contributed by atoms with Gasteiger partial charge in [-0.1, -0.05) is 18.2 Å². The lowest BCUT2D eigenvalue weighted by molar-refractivity contribution is 0.0749. The minimum atomic E-state index is -0.560. The minimum absolute atomic E-state index is 0.119. The molecule has 2 aliphatic rings. The van der Waals surface area contributed by atoms with Gasteiger partial charge in [-0.05, 0) is 36.8 Å². The summed E-state index contributed by atoms with van der Waals surface area (Å²) in [5, 5.41) is 13.9. The standard InChI is InChI=1S/C30H28N4O6/c1-39-25-13-22-24(32-15-17-12-18(35)16-34(17)30(22)38)14-26(25)40-11-5-10-31-29(37)21-8-4-7-20-27(21)33-23-9-3-2-6-19(23)28(20)36/h2-4,6-9,13-15,17-18,35H,5,10-12,16H2,1H3,(H,31,37)(H,33,36)/t17-,18+/m0/s1. The number of pyridine rings is 1. The Kier molecular flexibility index (Phi) is 6.69. The van der Waals surface area contributed by atoms with Gasteiger partial charge in [0.25, 0.3) is 11.8 Å². The highest BCUT2D eigenvalue weighted by molar-refractivity contribution is 6.07. The average molecular weight is 541 g/mol. The molecule has 2 atom stereocenters. The number of carbonyl (C=O) groups is 2. The largest absolute Gasteiger partial charge is 0.493 e. The van der Waals surface area contributed by atoms with Gasteiger partial charge in [0.15, 0.2) is 16.9 Å². The third kappa shape index (κ3) is 4.56. The Balaban J connectivity index is 1.12. The molecule has 40 heavy (non-hydrogen) atoms. The van der Waals surface area contributed by atoms with Crippen LogP contribution in [0, 0.1) is 0 Å². The van der Waals surface area contributed by atoms with E-state index in [-0.39, 0.29) is 36.4 Å². The van der Waals surface area contributed by atoms with E-state index in [4.69, 9.17) is 9.47 Å². The maximum absolute atomic E-state index is 13.1. The first kappa shape index (κ1) is 25.6. The Morgan fingerprint density at radius 1 is 1.12 bits per heavy atom. The summed E-state index contributed by atoms with van der Waals surface area (Å²) in [4.78, 5) is 48.3. The number of fused-ring (bicyclic) bond motifs is 4. The molecule has 3 aromatic carbocycles. The summed E-state index contributed by atoms with van der Waals surface area (Å²) in [5.74, 6) is 0.344. The highest BCUT2D eigenvalue weighted by Gasteiger charge is 2.36. The number of aliphatic imine (C=N–C) groups is 1. The zero-order valence-corrected chi connectivity index (χ0v) is 21.8. The molecule has 2 aliphatic heterocycles. The smallest absolute Gasteiger partial charge is 0.256 e. The molecule has 10 heteroatoms. The van der Waals surface area contributed by atoms with Crippen molar-refractivity contribution in [3.63, 3.8) is 0 Å². The van der Waals surface area contributed by atoms with Crippen molar-refractivity contribution in [2.24, 2.45) is 4.99 Å². The second-order valence-electron chi connectivity index (χ2n) is 9.90. The van der Waals surface area contributed by atoms with E-state index < -0.39 is 6.10 Å². The fourth-order valence-corrected chi connectivity index (χ4v) is 5.33. The van der Waals surface area contributed by atoms with E-state index >= 15 is 0 Å². The van der Waals surface area contributed by atoms with Crippen molar-refractivity contribution in [2.45, 2.75) is 25.0 Å². The first-order chi connectivity index (χ1) is 19.4. The van der Waals surface area contributed by atoms with Crippen LogP contribution in [0.2, 0.25) is 0 Å². The number of rotatable bonds is 7. The number of methoxy groups -OCH3 is 1. The normalized spacial score (nSPS) is 17.9. The fourth-order valence-electron chi connectivity index (χ4n) is 5.33. The second kappa shape index (κ2) is 10.5. The third-order valence-corrected chi connectivity index (χ3v) is 7.33. The van der Waals surface area contributed by atoms with E-state index in [1.54, 1.807) is 47.5 Å². The van der Waals surface area contributed by atoms with Crippen LogP contribution in [0.25, 0.3) is 21.8 Å². The number of aliphatic hydroxyl groups excluding tert-OH is 1. The van der Waals surface area contributed by atoms with Crippen LogP contribution in [0.5, 0.6) is 11.5 Å². The summed E-state index contributed by atoms with van der Waals surface area (Å²) in [7, 11) is 1.50. The summed E-state index contributed by atoms with van der Waals surface area (Å²) >= 11 is 0. The molecular formula is C30H28N4O6. The number of aromatic nitrogens is 1. The Hall–Kier alpha value is -4.70. The van der Waals surface area contributed by atoms with Crippen molar-refractivity contribution in [1.82, 2.24) is 15.2 Å². The summed E-state index contributed by atoms with van der Waals surface area (Å²) in [6.07, 6.45) is 2.09. The molecule has 10 nitrogen and oxygen atoms in total. The molecule has 0 saturated carbocycles. The van der Waals surface area contributed by atoms with Crippen LogP contribution in [-0.4, -0.2) is 72.0 Å². The molecule has 0 radical (unpaired) electrons. The molecule has 1 aromatic heterocycles. The topological polar surface area (TPSA) is 133 Å². The number of hydrogen-bond donors (Lipinski definition) is 3. The Bertz CT molecular complexity index is 1730. The number of para-hydroxylation sites is 2. The molecule has 0 spiro atoms. The van der Waals surface area contributed by atoms with Crippen molar-refractivity contribution in [2.75, 3.05) is 26.8 Å². The number of nitrogens with one attached hydrogen (secondary N) is 2. The maximum Gasteiger partial charge on any atom is 0.256 e. The van der Waals surface area contributed by atoms with E-state index in [2.05, 4.69) is 15.3 Å². The Morgan fingerprint density at radius 3 is 2.80 bits per heavy atom. The van der Waals surface area contributed by atoms with Crippen molar-refractivity contribution in [3.8, 4) is 11.5 Å². The molecule has 3 N–H and O–H groups in total. The zero-order valence-electron chi connectivity index (χ0n) is 21.8. The number of H-pyrrole nitrogens is 1. The number of benzene rings is 3. The molecule has 1 saturated heterocycles. The second-order valence-corrected chi connectivity index (χ2v) is 9.90. The lowest BCUT2D eigenvalue weighted by Crippen LogP contribution is -2.35. The van der Waals surface area contributed by atoms with E-state index in [0.717, 1.165) is 0 Å². The lowest BCUT2D eigenvalue weighted by Gasteiger charge is -2.20. The molecule has 6 rings (SSSR count). The van der Waals surface area contributed by atoms with Crippen LogP contribution in [0.3, 0.4) is 0 Å². The third-order valence-electron chi connectivity index (χ3n) is 7.33. The van der Waals surface area contributed by atoms with Crippen LogP contribution in [0.1, 0.15) is 33.6 Å². The van der Waals surface area contributed by atoms with E-state index in [9.17, 15) is 19.5 Å². The number of nitrogens with zero attached hydrogens (tertiary/aromatic N) is 2. The quantitative estimate of drug-likeness (QED) is 0.244. The summed E-state index contributed by atoms with van der Waals surface area (Å²) in [6, 6.07) is 15.4. The lowest BCUT2D eigenvalue weighted by atomic mass is 10.1. The predicted octanol–water partition coefficient (Wildman–Crippen LogP) is 3.18. The number of carbonyl (C=O) groups excluding carboxylic acids is 2. The summed E-state index contributed by atoms with van der Waals surface area (Å²) < 4.78 is 11.4. The van der Waals surface area contributed by atoms with Crippen LogP contribution in [0.15, 0.2) is 64.4 Å². The number of aromatic amines is 1. The Morgan fingerprint density at radius 2 is 1.95 bits per heavy atom. The molecule has 204 valence electrons. The SMILES string of the molecule is COc1cc2c(cc1OCCCNC(=O)c1cccc3c(=O)c4ccccc4[nH]c13)N=C[C@@H]1C[C@@H](O)CN1C2=O. The van der Waals surface area contributed by atoms with Crippen LogP contribution < -0.4 is 20.2 Å². The molecule has 2 amide bonds. The first-order valence-corrected chi connectivity index (χ1v) is 13.1. The van der Waals surface area contributed by atoms with Gasteiger partial charge in [0.1, 0.15) is 0 Å². The number of amides is 2. The van der Waals surface area contributed by atoms with Gasteiger partial charge in [-0.3, -0.25) is 19.4 Å². The highest BCUT2D eigenvalue weighted by atomic mass is 16.5. The van der Waals surface area contributed by atoms with E-state index in [1.165, 1.54) is 7.11 Å². The monoisotopic (exact) mass is 540 g/mol. The Labute approximate surface area is 229 Å². The average Bonchev–Trinajstić information content (AvgIpc) is 3.30. The van der Waals surface area contributed by atoms with Gasteiger partial charge in [-0.25, -0.2) is 0 Å². The fraction of sp³-hybridized carbons (Fsp3) is 0.267. The van der Waals surface area contributed by atoms with Gasteiger partial charge in [0.2, 0.25) is 0 Å². The number of hydrogen-bond acceptors (Lipinski definition) is 7. The van der Waals surface area contributed by atoms with Gasteiger partial charge >= 0.3 is 0 Å².